The Morgan fingerprint density at radius 3 is 2.71 bits per heavy atom. The molecule has 0 spiro atoms. The number of hydrogen-bond acceptors (Lipinski definition) is 4. The number of H-pyrrole nitrogens is 1. The molecule has 108 valence electrons. The van der Waals surface area contributed by atoms with Gasteiger partial charge >= 0.3 is 0 Å². The Bertz CT molecular complexity index is 767. The molecule has 0 aromatic carbocycles. The number of aromatic nitrogens is 3. The van der Waals surface area contributed by atoms with Gasteiger partial charge in [0, 0.05) is 49.2 Å². The number of aromatic amines is 1. The van der Waals surface area contributed by atoms with Crippen LogP contribution in [0.5, 0.6) is 0 Å². The van der Waals surface area contributed by atoms with Gasteiger partial charge in [-0.15, -0.1) is 0 Å². The Morgan fingerprint density at radius 1 is 1.24 bits per heavy atom. The van der Waals surface area contributed by atoms with Gasteiger partial charge in [0.25, 0.3) is 0 Å². The molecular weight excluding hydrogens is 288 g/mol. The lowest BCUT2D eigenvalue weighted by Gasteiger charge is -2.14. The summed E-state index contributed by atoms with van der Waals surface area (Å²) in [6.07, 6.45) is 4.22. The molecule has 0 radical (unpaired) electrons. The molecular formula is C15H15ClN4O. The minimum atomic E-state index is -0.775. The molecule has 3 aromatic rings. The zero-order valence-corrected chi connectivity index (χ0v) is 12.5. The first-order valence-corrected chi connectivity index (χ1v) is 6.88. The third kappa shape index (κ3) is 2.57. The van der Waals surface area contributed by atoms with E-state index in [1.165, 1.54) is 0 Å². The zero-order valence-electron chi connectivity index (χ0n) is 11.7. The van der Waals surface area contributed by atoms with Crippen LogP contribution in [0.25, 0.3) is 11.0 Å². The normalized spacial score (nSPS) is 12.6. The van der Waals surface area contributed by atoms with Crippen molar-refractivity contribution in [2.45, 2.75) is 6.10 Å². The summed E-state index contributed by atoms with van der Waals surface area (Å²) in [6, 6.07) is 5.53. The Morgan fingerprint density at radius 2 is 2.05 bits per heavy atom. The predicted molar refractivity (Wildman–Crippen MR) is 83.7 cm³/mol. The average Bonchev–Trinajstić information content (AvgIpc) is 2.89. The summed E-state index contributed by atoms with van der Waals surface area (Å²) in [7, 11) is 3.84. The summed E-state index contributed by atoms with van der Waals surface area (Å²) in [5, 5.41) is 11.9. The van der Waals surface area contributed by atoms with Crippen molar-refractivity contribution in [2.24, 2.45) is 0 Å². The van der Waals surface area contributed by atoms with Crippen molar-refractivity contribution < 1.29 is 5.11 Å². The fraction of sp³-hybridized carbons (Fsp3) is 0.200. The molecule has 0 aliphatic rings. The van der Waals surface area contributed by atoms with Crippen LogP contribution in [0, 0.1) is 0 Å². The van der Waals surface area contributed by atoms with E-state index < -0.39 is 6.10 Å². The fourth-order valence-corrected chi connectivity index (χ4v) is 2.39. The van der Waals surface area contributed by atoms with Gasteiger partial charge in [0.05, 0.1) is 5.02 Å². The second-order valence-corrected chi connectivity index (χ2v) is 5.48. The van der Waals surface area contributed by atoms with Gasteiger partial charge in [0.15, 0.2) is 0 Å². The first-order valence-electron chi connectivity index (χ1n) is 6.50. The number of pyridine rings is 2. The van der Waals surface area contributed by atoms with E-state index in [0.29, 0.717) is 10.7 Å². The molecule has 0 saturated carbocycles. The number of halogens is 1. The van der Waals surface area contributed by atoms with E-state index in [0.717, 1.165) is 22.3 Å². The molecule has 1 unspecified atom stereocenters. The van der Waals surface area contributed by atoms with Gasteiger partial charge in [0.2, 0.25) is 0 Å². The van der Waals surface area contributed by atoms with Gasteiger partial charge < -0.3 is 15.0 Å². The van der Waals surface area contributed by atoms with Crippen molar-refractivity contribution >= 4 is 28.5 Å². The molecule has 3 heterocycles. The van der Waals surface area contributed by atoms with Gasteiger partial charge in [-0.05, 0) is 12.1 Å². The standard InChI is InChI=1S/C15H15ClN4O/c1-20(2)13-4-3-9(6-17-13)14(21)12-8-19-15-11(12)5-10(16)7-18-15/h3-8,14,21H,1-2H3,(H,18,19). The number of anilines is 1. The predicted octanol–water partition coefficient (Wildman–Crippen LogP) is 2.76. The van der Waals surface area contributed by atoms with Gasteiger partial charge in [-0.1, -0.05) is 17.7 Å². The number of rotatable bonds is 3. The van der Waals surface area contributed by atoms with Crippen molar-refractivity contribution in [1.82, 2.24) is 15.0 Å². The summed E-state index contributed by atoms with van der Waals surface area (Å²) in [4.78, 5) is 13.5. The molecule has 6 heteroatoms. The van der Waals surface area contributed by atoms with Crippen LogP contribution in [0.3, 0.4) is 0 Å². The fourth-order valence-electron chi connectivity index (χ4n) is 2.23. The Kier molecular flexibility index (Phi) is 3.53. The number of nitrogens with one attached hydrogen (secondary N) is 1. The minimum absolute atomic E-state index is 0.539. The molecule has 0 saturated heterocycles. The lowest BCUT2D eigenvalue weighted by atomic mass is 10.0. The molecule has 1 atom stereocenters. The van der Waals surface area contributed by atoms with Gasteiger partial charge in [-0.2, -0.15) is 0 Å². The second-order valence-electron chi connectivity index (χ2n) is 5.04. The molecule has 0 fully saturated rings. The smallest absolute Gasteiger partial charge is 0.137 e. The molecule has 3 rings (SSSR count). The Labute approximate surface area is 127 Å². The third-order valence-corrected chi connectivity index (χ3v) is 3.58. The first-order chi connectivity index (χ1) is 10.1. The van der Waals surface area contributed by atoms with Crippen molar-refractivity contribution in [2.75, 3.05) is 19.0 Å². The van der Waals surface area contributed by atoms with Crippen LogP contribution in [0.1, 0.15) is 17.2 Å². The van der Waals surface area contributed by atoms with Crippen molar-refractivity contribution in [1.29, 1.82) is 0 Å². The molecule has 5 nitrogen and oxygen atoms in total. The number of aliphatic hydroxyl groups is 1. The Hall–Kier alpha value is -2.11. The maximum absolute atomic E-state index is 10.6. The second kappa shape index (κ2) is 5.35. The van der Waals surface area contributed by atoms with Crippen LogP contribution in [-0.2, 0) is 0 Å². The van der Waals surface area contributed by atoms with Gasteiger partial charge in [-0.3, -0.25) is 0 Å². The lowest BCUT2D eigenvalue weighted by molar-refractivity contribution is 0.221. The maximum Gasteiger partial charge on any atom is 0.137 e. The summed E-state index contributed by atoms with van der Waals surface area (Å²) in [6.45, 7) is 0. The van der Waals surface area contributed by atoms with E-state index in [1.807, 2.05) is 31.1 Å². The highest BCUT2D eigenvalue weighted by Gasteiger charge is 2.16. The van der Waals surface area contributed by atoms with Crippen LogP contribution in [-0.4, -0.2) is 34.2 Å². The minimum Gasteiger partial charge on any atom is -0.384 e. The first kappa shape index (κ1) is 13.9. The molecule has 0 amide bonds. The number of aliphatic hydroxyl groups excluding tert-OH is 1. The Balaban J connectivity index is 1.99. The molecule has 21 heavy (non-hydrogen) atoms. The third-order valence-electron chi connectivity index (χ3n) is 3.37. The van der Waals surface area contributed by atoms with Crippen LogP contribution in [0.2, 0.25) is 5.02 Å². The largest absolute Gasteiger partial charge is 0.384 e. The lowest BCUT2D eigenvalue weighted by Crippen LogP contribution is -2.11. The van der Waals surface area contributed by atoms with E-state index in [2.05, 4.69) is 15.0 Å². The van der Waals surface area contributed by atoms with E-state index in [9.17, 15) is 5.11 Å². The summed E-state index contributed by atoms with van der Waals surface area (Å²) in [5.41, 5.74) is 2.16. The SMILES string of the molecule is CN(C)c1ccc(C(O)c2c[nH]c3ncc(Cl)cc23)cn1. The van der Waals surface area contributed by atoms with Crippen LogP contribution in [0.4, 0.5) is 5.82 Å². The summed E-state index contributed by atoms with van der Waals surface area (Å²) >= 11 is 5.98. The summed E-state index contributed by atoms with van der Waals surface area (Å²) < 4.78 is 0. The molecule has 0 aliphatic carbocycles. The molecule has 0 bridgehead atoms. The van der Waals surface area contributed by atoms with Crippen molar-refractivity contribution in [3.05, 3.63) is 52.9 Å². The van der Waals surface area contributed by atoms with E-state index in [4.69, 9.17) is 11.6 Å². The molecule has 2 N–H and O–H groups in total. The van der Waals surface area contributed by atoms with Crippen molar-refractivity contribution in [3.8, 4) is 0 Å². The van der Waals surface area contributed by atoms with Crippen LogP contribution in [0.15, 0.2) is 36.8 Å². The highest BCUT2D eigenvalue weighted by atomic mass is 35.5. The maximum atomic E-state index is 10.6. The van der Waals surface area contributed by atoms with Gasteiger partial charge in [0.1, 0.15) is 17.6 Å². The average molecular weight is 303 g/mol. The van der Waals surface area contributed by atoms with Crippen LogP contribution >= 0.6 is 11.6 Å². The van der Waals surface area contributed by atoms with E-state index >= 15 is 0 Å². The van der Waals surface area contributed by atoms with Crippen LogP contribution < -0.4 is 4.90 Å². The zero-order chi connectivity index (χ0) is 15.0. The molecule has 3 aromatic heterocycles. The van der Waals surface area contributed by atoms with Gasteiger partial charge in [-0.25, -0.2) is 9.97 Å². The van der Waals surface area contributed by atoms with Crippen molar-refractivity contribution in [3.63, 3.8) is 0 Å². The quantitative estimate of drug-likeness (QED) is 0.781. The highest BCUT2D eigenvalue weighted by molar-refractivity contribution is 6.31. The topological polar surface area (TPSA) is 65.0 Å². The monoisotopic (exact) mass is 302 g/mol. The van der Waals surface area contributed by atoms with E-state index in [1.54, 1.807) is 24.7 Å². The number of hydrogen-bond donors (Lipinski definition) is 2. The van der Waals surface area contributed by atoms with E-state index in [-0.39, 0.29) is 0 Å². The number of nitrogens with zero attached hydrogens (tertiary/aromatic N) is 3. The summed E-state index contributed by atoms with van der Waals surface area (Å²) in [5.74, 6) is 0.842. The highest BCUT2D eigenvalue weighted by Crippen LogP contribution is 2.29. The molecule has 0 aliphatic heterocycles. The number of fused-ring (bicyclic) bond motifs is 1.